The number of fused-ring (bicyclic) bond motifs is 2. The Kier molecular flexibility index (Phi) is 4.23. The molecule has 0 N–H and O–H groups in total. The molecule has 0 aromatic heterocycles. The van der Waals surface area contributed by atoms with Crippen LogP contribution in [0.25, 0.3) is 0 Å². The molecule has 138 valence electrons. The number of nitrogens with zero attached hydrogens (tertiary/aromatic N) is 1. The zero-order valence-corrected chi connectivity index (χ0v) is 15.3. The molecule has 1 aromatic carbocycles. The third kappa shape index (κ3) is 2.78. The summed E-state index contributed by atoms with van der Waals surface area (Å²) in [6.07, 6.45) is 3.80. The Bertz CT molecular complexity index is 800. The Balaban J connectivity index is 1.82. The molecule has 1 fully saturated rings. The number of ether oxygens (including phenoxy) is 3. The topological polar surface area (TPSA) is 65.1 Å². The lowest BCUT2D eigenvalue weighted by molar-refractivity contribution is -0.148. The SMILES string of the molecule is COc1cc2c(cc1OC(C)=O)[C@H]1[C@H]3C(=CC[C@H]1OC(C)=O)CCN3C2. The average Bonchev–Trinajstić information content (AvgIpc) is 2.99. The van der Waals surface area contributed by atoms with Gasteiger partial charge >= 0.3 is 11.9 Å². The molecule has 0 bridgehead atoms. The van der Waals surface area contributed by atoms with Crippen molar-refractivity contribution in [3.8, 4) is 11.5 Å². The standard InChI is InChI=1S/C20H23NO5/c1-11(22)25-16-5-4-13-6-7-21-10-14-8-17(24-3)18(26-12(2)23)9-15(14)19(16)20(13)21/h4,8-9,16,19-20H,5-7,10H2,1-3H3/t16-,19-,20-/m1/s1. The molecule has 6 nitrogen and oxygen atoms in total. The van der Waals surface area contributed by atoms with Crippen molar-refractivity contribution in [2.75, 3.05) is 13.7 Å². The van der Waals surface area contributed by atoms with Gasteiger partial charge in [0.25, 0.3) is 0 Å². The van der Waals surface area contributed by atoms with Gasteiger partial charge in [0.15, 0.2) is 11.5 Å². The predicted octanol–water partition coefficient (Wildman–Crippen LogP) is 2.55. The van der Waals surface area contributed by atoms with Gasteiger partial charge in [-0.3, -0.25) is 14.5 Å². The number of hydrogen-bond donors (Lipinski definition) is 0. The number of carbonyl (C=O) groups is 2. The molecule has 4 rings (SSSR count). The molecule has 0 amide bonds. The molecule has 6 heteroatoms. The van der Waals surface area contributed by atoms with E-state index in [0.717, 1.165) is 37.1 Å². The summed E-state index contributed by atoms with van der Waals surface area (Å²) in [6.45, 7) is 4.65. The van der Waals surface area contributed by atoms with Gasteiger partial charge in [0, 0.05) is 45.3 Å². The summed E-state index contributed by atoms with van der Waals surface area (Å²) in [5.74, 6) is 0.361. The van der Waals surface area contributed by atoms with E-state index >= 15 is 0 Å². The monoisotopic (exact) mass is 357 g/mol. The fraction of sp³-hybridized carbons (Fsp3) is 0.500. The Morgan fingerprint density at radius 3 is 2.65 bits per heavy atom. The van der Waals surface area contributed by atoms with Crippen LogP contribution in [0.15, 0.2) is 23.8 Å². The number of esters is 2. The Morgan fingerprint density at radius 2 is 1.96 bits per heavy atom. The number of benzene rings is 1. The zero-order chi connectivity index (χ0) is 18.4. The fourth-order valence-electron chi connectivity index (χ4n) is 4.65. The number of rotatable bonds is 3. The Hall–Kier alpha value is -2.34. The largest absolute Gasteiger partial charge is 0.493 e. The predicted molar refractivity (Wildman–Crippen MR) is 94.1 cm³/mol. The highest BCUT2D eigenvalue weighted by molar-refractivity contribution is 5.71. The molecule has 3 aliphatic rings. The number of methoxy groups -OCH3 is 1. The van der Waals surface area contributed by atoms with Crippen LogP contribution < -0.4 is 9.47 Å². The summed E-state index contributed by atoms with van der Waals surface area (Å²) in [5, 5.41) is 0. The van der Waals surface area contributed by atoms with E-state index in [1.807, 2.05) is 12.1 Å². The lowest BCUT2D eigenvalue weighted by Crippen LogP contribution is -2.46. The van der Waals surface area contributed by atoms with Crippen LogP contribution in [0.1, 0.15) is 43.7 Å². The van der Waals surface area contributed by atoms with Gasteiger partial charge in [-0.05, 0) is 29.7 Å². The van der Waals surface area contributed by atoms with E-state index < -0.39 is 0 Å². The summed E-state index contributed by atoms with van der Waals surface area (Å²) in [6, 6.07) is 4.10. The molecule has 1 aliphatic carbocycles. The normalized spacial score (nSPS) is 26.4. The van der Waals surface area contributed by atoms with Crippen molar-refractivity contribution in [1.29, 1.82) is 0 Å². The quantitative estimate of drug-likeness (QED) is 0.471. The van der Waals surface area contributed by atoms with Crippen molar-refractivity contribution in [3.05, 3.63) is 34.9 Å². The maximum Gasteiger partial charge on any atom is 0.308 e. The molecule has 3 atom stereocenters. The summed E-state index contributed by atoms with van der Waals surface area (Å²) in [4.78, 5) is 25.6. The van der Waals surface area contributed by atoms with Gasteiger partial charge in [0.1, 0.15) is 6.10 Å². The van der Waals surface area contributed by atoms with Gasteiger partial charge in [0.05, 0.1) is 7.11 Å². The molecular weight excluding hydrogens is 334 g/mol. The van der Waals surface area contributed by atoms with Gasteiger partial charge in [-0.2, -0.15) is 0 Å². The smallest absolute Gasteiger partial charge is 0.308 e. The van der Waals surface area contributed by atoms with Crippen LogP contribution in [0.2, 0.25) is 0 Å². The van der Waals surface area contributed by atoms with E-state index in [9.17, 15) is 9.59 Å². The third-order valence-corrected chi connectivity index (χ3v) is 5.54. The van der Waals surface area contributed by atoms with E-state index in [2.05, 4.69) is 11.0 Å². The van der Waals surface area contributed by atoms with Crippen LogP contribution in [-0.2, 0) is 20.9 Å². The highest BCUT2D eigenvalue weighted by atomic mass is 16.6. The minimum absolute atomic E-state index is 0.0466. The van der Waals surface area contributed by atoms with Crippen molar-refractivity contribution >= 4 is 11.9 Å². The van der Waals surface area contributed by atoms with Gasteiger partial charge in [-0.15, -0.1) is 0 Å². The number of hydrogen-bond acceptors (Lipinski definition) is 6. The van der Waals surface area contributed by atoms with Crippen molar-refractivity contribution in [1.82, 2.24) is 4.90 Å². The van der Waals surface area contributed by atoms with Crippen LogP contribution in [0.3, 0.4) is 0 Å². The lowest BCUT2D eigenvalue weighted by atomic mass is 9.74. The molecule has 26 heavy (non-hydrogen) atoms. The van der Waals surface area contributed by atoms with Crippen LogP contribution in [0.5, 0.6) is 11.5 Å². The minimum Gasteiger partial charge on any atom is -0.493 e. The molecule has 0 spiro atoms. The van der Waals surface area contributed by atoms with Crippen LogP contribution in [0, 0.1) is 0 Å². The molecule has 1 saturated heterocycles. The van der Waals surface area contributed by atoms with Crippen LogP contribution in [-0.4, -0.2) is 42.6 Å². The third-order valence-electron chi connectivity index (χ3n) is 5.54. The minimum atomic E-state index is -0.387. The first-order valence-corrected chi connectivity index (χ1v) is 8.97. The average molecular weight is 357 g/mol. The molecule has 0 unspecified atom stereocenters. The van der Waals surface area contributed by atoms with Crippen molar-refractivity contribution in [3.63, 3.8) is 0 Å². The van der Waals surface area contributed by atoms with E-state index in [-0.39, 0.29) is 30.0 Å². The first-order valence-electron chi connectivity index (χ1n) is 8.97. The highest BCUT2D eigenvalue weighted by Crippen LogP contribution is 2.49. The van der Waals surface area contributed by atoms with Gasteiger partial charge in [-0.1, -0.05) is 11.6 Å². The van der Waals surface area contributed by atoms with Crippen molar-refractivity contribution < 1.29 is 23.8 Å². The second kappa shape index (κ2) is 6.43. The first-order chi connectivity index (χ1) is 12.5. The van der Waals surface area contributed by atoms with E-state index in [0.29, 0.717) is 11.5 Å². The Labute approximate surface area is 152 Å². The van der Waals surface area contributed by atoms with Gasteiger partial charge in [0.2, 0.25) is 0 Å². The second-order valence-electron chi connectivity index (χ2n) is 7.15. The summed E-state index contributed by atoms with van der Waals surface area (Å²) < 4.78 is 16.5. The maximum absolute atomic E-state index is 11.6. The van der Waals surface area contributed by atoms with E-state index in [4.69, 9.17) is 14.2 Å². The highest BCUT2D eigenvalue weighted by Gasteiger charge is 2.47. The Morgan fingerprint density at radius 1 is 1.15 bits per heavy atom. The van der Waals surface area contributed by atoms with Crippen LogP contribution >= 0.6 is 0 Å². The molecule has 0 saturated carbocycles. The summed E-state index contributed by atoms with van der Waals surface area (Å²) in [5.41, 5.74) is 3.65. The molecule has 0 radical (unpaired) electrons. The zero-order valence-electron chi connectivity index (χ0n) is 15.3. The molecular formula is C20H23NO5. The van der Waals surface area contributed by atoms with Crippen LogP contribution in [0.4, 0.5) is 0 Å². The van der Waals surface area contributed by atoms with Gasteiger partial charge in [-0.25, -0.2) is 0 Å². The molecule has 1 aromatic rings. The van der Waals surface area contributed by atoms with Crippen molar-refractivity contribution in [2.45, 2.75) is 51.3 Å². The van der Waals surface area contributed by atoms with Gasteiger partial charge < -0.3 is 14.2 Å². The molecule has 2 heterocycles. The maximum atomic E-state index is 11.6. The van der Waals surface area contributed by atoms with E-state index in [1.54, 1.807) is 7.11 Å². The first kappa shape index (κ1) is 17.1. The van der Waals surface area contributed by atoms with E-state index in [1.165, 1.54) is 19.4 Å². The molecule has 2 aliphatic heterocycles. The second-order valence-corrected chi connectivity index (χ2v) is 7.15. The summed E-state index contributed by atoms with van der Waals surface area (Å²) >= 11 is 0. The van der Waals surface area contributed by atoms with Crippen molar-refractivity contribution in [2.24, 2.45) is 0 Å². The number of carbonyl (C=O) groups excluding carboxylic acids is 2. The fourth-order valence-corrected chi connectivity index (χ4v) is 4.65. The summed E-state index contributed by atoms with van der Waals surface area (Å²) in [7, 11) is 1.57. The lowest BCUT2D eigenvalue weighted by Gasteiger charge is -2.44.